The molecule has 0 radical (unpaired) electrons. The van der Waals surface area contributed by atoms with Crippen LogP contribution in [0, 0.1) is 5.92 Å². The zero-order valence-corrected chi connectivity index (χ0v) is 14.1. The molecule has 2 atom stereocenters. The van der Waals surface area contributed by atoms with Gasteiger partial charge in [-0.3, -0.25) is 0 Å². The van der Waals surface area contributed by atoms with Crippen LogP contribution >= 0.6 is 12.4 Å². The second-order valence-electron chi connectivity index (χ2n) is 6.97. The molecule has 0 saturated carbocycles. The standard InChI is InChI=1S/C19H24N2.ClH/c1-2-19-8-4-7-16-5-3-6-17(18(16)19)11-15(12-19)13-21-10-9-20-14-21;/h3,5-6,9-10,14-15H,2,4,7-8,11-13H2,1H3;1H/t15-,19-;/m0./s1. The van der Waals surface area contributed by atoms with Crippen LogP contribution in [0.1, 0.15) is 49.3 Å². The minimum Gasteiger partial charge on any atom is -0.337 e. The lowest BCUT2D eigenvalue weighted by molar-refractivity contribution is 0.226. The van der Waals surface area contributed by atoms with Gasteiger partial charge in [0, 0.05) is 18.9 Å². The topological polar surface area (TPSA) is 17.8 Å². The van der Waals surface area contributed by atoms with Gasteiger partial charge in [0.25, 0.3) is 0 Å². The Hall–Kier alpha value is -1.28. The van der Waals surface area contributed by atoms with E-state index in [0.29, 0.717) is 5.41 Å². The van der Waals surface area contributed by atoms with E-state index in [-0.39, 0.29) is 12.4 Å². The molecule has 22 heavy (non-hydrogen) atoms. The molecule has 0 amide bonds. The van der Waals surface area contributed by atoms with E-state index in [2.05, 4.69) is 40.9 Å². The molecule has 0 bridgehead atoms. The van der Waals surface area contributed by atoms with Crippen LogP contribution in [0.2, 0.25) is 0 Å². The van der Waals surface area contributed by atoms with Crippen LogP contribution in [0.5, 0.6) is 0 Å². The van der Waals surface area contributed by atoms with Gasteiger partial charge in [0.05, 0.1) is 6.33 Å². The van der Waals surface area contributed by atoms with Gasteiger partial charge >= 0.3 is 0 Å². The van der Waals surface area contributed by atoms with Gasteiger partial charge in [0.1, 0.15) is 0 Å². The summed E-state index contributed by atoms with van der Waals surface area (Å²) in [5, 5.41) is 0. The van der Waals surface area contributed by atoms with Gasteiger partial charge in [0.15, 0.2) is 0 Å². The van der Waals surface area contributed by atoms with Crippen molar-refractivity contribution in [1.82, 2.24) is 9.55 Å². The van der Waals surface area contributed by atoms with E-state index < -0.39 is 0 Å². The summed E-state index contributed by atoms with van der Waals surface area (Å²) < 4.78 is 2.26. The Bertz CT molecular complexity index is 635. The van der Waals surface area contributed by atoms with Crippen molar-refractivity contribution < 1.29 is 0 Å². The predicted octanol–water partition coefficient (Wildman–Crippen LogP) is 4.55. The Kier molecular flexibility index (Phi) is 4.31. The van der Waals surface area contributed by atoms with Crippen molar-refractivity contribution >= 4 is 12.4 Å². The first kappa shape index (κ1) is 15.6. The van der Waals surface area contributed by atoms with Gasteiger partial charge in [-0.25, -0.2) is 4.98 Å². The average Bonchev–Trinajstić information content (AvgIpc) is 3.00. The van der Waals surface area contributed by atoms with Crippen LogP contribution in [0.3, 0.4) is 0 Å². The first-order valence-corrected chi connectivity index (χ1v) is 8.38. The molecule has 0 fully saturated rings. The summed E-state index contributed by atoms with van der Waals surface area (Å²) in [6.45, 7) is 3.51. The lowest BCUT2D eigenvalue weighted by Gasteiger charge is -2.46. The Labute approximate surface area is 139 Å². The molecule has 1 aromatic carbocycles. The van der Waals surface area contributed by atoms with Crippen molar-refractivity contribution in [3.63, 3.8) is 0 Å². The molecular weight excluding hydrogens is 292 g/mol. The molecule has 0 N–H and O–H groups in total. The number of aromatic nitrogens is 2. The van der Waals surface area contributed by atoms with E-state index in [1.54, 1.807) is 16.7 Å². The number of aryl methyl sites for hydroxylation is 1. The van der Waals surface area contributed by atoms with Gasteiger partial charge in [-0.05, 0) is 66.5 Å². The predicted molar refractivity (Wildman–Crippen MR) is 92.6 cm³/mol. The third kappa shape index (κ3) is 2.48. The summed E-state index contributed by atoms with van der Waals surface area (Å²) in [4.78, 5) is 4.20. The largest absolute Gasteiger partial charge is 0.337 e. The molecule has 2 aromatic rings. The van der Waals surface area contributed by atoms with Crippen LogP contribution in [-0.2, 0) is 24.8 Å². The van der Waals surface area contributed by atoms with Gasteiger partial charge < -0.3 is 4.57 Å². The van der Waals surface area contributed by atoms with Crippen molar-refractivity contribution in [2.75, 3.05) is 0 Å². The molecular formula is C19H25ClN2. The van der Waals surface area contributed by atoms with Crippen molar-refractivity contribution in [3.05, 3.63) is 53.6 Å². The Morgan fingerprint density at radius 2 is 2.18 bits per heavy atom. The maximum atomic E-state index is 4.20. The first-order valence-electron chi connectivity index (χ1n) is 8.38. The number of rotatable bonds is 3. The normalized spacial score (nSPS) is 26.1. The molecule has 2 aliphatic rings. The quantitative estimate of drug-likeness (QED) is 0.812. The molecule has 118 valence electrons. The highest BCUT2D eigenvalue weighted by molar-refractivity contribution is 5.85. The molecule has 4 rings (SSSR count). The lowest BCUT2D eigenvalue weighted by atomic mass is 9.59. The monoisotopic (exact) mass is 316 g/mol. The van der Waals surface area contributed by atoms with Crippen molar-refractivity contribution in [1.29, 1.82) is 0 Å². The second-order valence-corrected chi connectivity index (χ2v) is 6.97. The third-order valence-corrected chi connectivity index (χ3v) is 5.76. The van der Waals surface area contributed by atoms with Gasteiger partial charge in [-0.15, -0.1) is 12.4 Å². The van der Waals surface area contributed by atoms with Crippen LogP contribution in [0.4, 0.5) is 0 Å². The fourth-order valence-corrected chi connectivity index (χ4v) is 4.91. The summed E-state index contributed by atoms with van der Waals surface area (Å²) >= 11 is 0. The average molecular weight is 317 g/mol. The summed E-state index contributed by atoms with van der Waals surface area (Å²) in [5.41, 5.74) is 5.46. The van der Waals surface area contributed by atoms with Crippen molar-refractivity contribution in [2.45, 2.75) is 57.4 Å². The van der Waals surface area contributed by atoms with E-state index in [0.717, 1.165) is 12.5 Å². The number of hydrogen-bond donors (Lipinski definition) is 0. The number of nitrogens with zero attached hydrogens (tertiary/aromatic N) is 2. The second kappa shape index (κ2) is 6.08. The highest BCUT2D eigenvalue weighted by Crippen LogP contribution is 2.50. The van der Waals surface area contributed by atoms with E-state index >= 15 is 0 Å². The van der Waals surface area contributed by atoms with E-state index in [9.17, 15) is 0 Å². The van der Waals surface area contributed by atoms with Gasteiger partial charge in [-0.2, -0.15) is 0 Å². The molecule has 2 aliphatic carbocycles. The lowest BCUT2D eigenvalue weighted by Crippen LogP contribution is -2.39. The summed E-state index contributed by atoms with van der Waals surface area (Å²) in [7, 11) is 0. The fraction of sp³-hybridized carbons (Fsp3) is 0.526. The molecule has 0 aliphatic heterocycles. The summed E-state index contributed by atoms with van der Waals surface area (Å²) in [5.74, 6) is 0.750. The molecule has 3 heteroatoms. The molecule has 0 unspecified atom stereocenters. The van der Waals surface area contributed by atoms with Crippen molar-refractivity contribution in [3.8, 4) is 0 Å². The fourth-order valence-electron chi connectivity index (χ4n) is 4.91. The minimum atomic E-state index is 0. The van der Waals surface area contributed by atoms with E-state index in [1.807, 2.05) is 12.5 Å². The Balaban J connectivity index is 0.00000144. The molecule has 1 heterocycles. The third-order valence-electron chi connectivity index (χ3n) is 5.76. The van der Waals surface area contributed by atoms with Crippen LogP contribution in [-0.4, -0.2) is 9.55 Å². The molecule has 0 spiro atoms. The first-order chi connectivity index (χ1) is 10.3. The Morgan fingerprint density at radius 3 is 2.95 bits per heavy atom. The van der Waals surface area contributed by atoms with Crippen LogP contribution < -0.4 is 0 Å². The zero-order valence-electron chi connectivity index (χ0n) is 13.3. The summed E-state index contributed by atoms with van der Waals surface area (Å²) in [6, 6.07) is 7.03. The van der Waals surface area contributed by atoms with Crippen LogP contribution in [0.15, 0.2) is 36.9 Å². The number of imidazole rings is 1. The van der Waals surface area contributed by atoms with E-state index in [1.165, 1.54) is 38.5 Å². The molecule has 2 nitrogen and oxygen atoms in total. The maximum absolute atomic E-state index is 4.20. The highest BCUT2D eigenvalue weighted by Gasteiger charge is 2.41. The van der Waals surface area contributed by atoms with Gasteiger partial charge in [-0.1, -0.05) is 25.1 Å². The zero-order chi connectivity index (χ0) is 14.3. The SMILES string of the molecule is CC[C@@]12CCCc3cccc(c31)C[C@H](Cn1ccnc1)C2.Cl. The smallest absolute Gasteiger partial charge is 0.0945 e. The maximum Gasteiger partial charge on any atom is 0.0945 e. The molecule has 0 saturated heterocycles. The van der Waals surface area contributed by atoms with Crippen molar-refractivity contribution in [2.24, 2.45) is 5.92 Å². The molecule has 1 aromatic heterocycles. The van der Waals surface area contributed by atoms with E-state index in [4.69, 9.17) is 0 Å². The number of benzene rings is 1. The Morgan fingerprint density at radius 1 is 1.32 bits per heavy atom. The number of hydrogen-bond acceptors (Lipinski definition) is 1. The minimum absolute atomic E-state index is 0. The highest BCUT2D eigenvalue weighted by atomic mass is 35.5. The summed E-state index contributed by atoms with van der Waals surface area (Å²) in [6.07, 6.45) is 13.9. The number of halogens is 1. The van der Waals surface area contributed by atoms with Gasteiger partial charge in [0.2, 0.25) is 0 Å². The van der Waals surface area contributed by atoms with Crippen LogP contribution in [0.25, 0.3) is 0 Å².